The molecule has 0 aromatic carbocycles. The molecule has 0 aliphatic heterocycles. The molecule has 0 bridgehead atoms. The first-order valence-electron chi connectivity index (χ1n) is 7.24. The Balaban J connectivity index is 2.05. The van der Waals surface area contributed by atoms with Crippen LogP contribution in [0.1, 0.15) is 43.1 Å². The van der Waals surface area contributed by atoms with Gasteiger partial charge in [-0.2, -0.15) is 0 Å². The van der Waals surface area contributed by atoms with Crippen LogP contribution in [0.2, 0.25) is 0 Å². The van der Waals surface area contributed by atoms with E-state index in [1.54, 1.807) is 6.20 Å². The SMILES string of the molecule is CCNc1cnc(C(=O)N(CCCO)C2CCC2)cn1. The van der Waals surface area contributed by atoms with Crippen molar-refractivity contribution in [3.05, 3.63) is 18.1 Å². The number of aliphatic hydroxyl groups is 1. The van der Waals surface area contributed by atoms with Crippen LogP contribution in [0.15, 0.2) is 12.4 Å². The van der Waals surface area contributed by atoms with E-state index in [4.69, 9.17) is 5.11 Å². The van der Waals surface area contributed by atoms with Crippen molar-refractivity contribution in [2.45, 2.75) is 38.6 Å². The quantitative estimate of drug-likeness (QED) is 0.785. The zero-order valence-electron chi connectivity index (χ0n) is 11.9. The molecule has 1 saturated carbocycles. The predicted molar refractivity (Wildman–Crippen MR) is 76.6 cm³/mol. The maximum Gasteiger partial charge on any atom is 0.274 e. The highest BCUT2D eigenvalue weighted by atomic mass is 16.3. The van der Waals surface area contributed by atoms with Crippen LogP contribution in [0.5, 0.6) is 0 Å². The summed E-state index contributed by atoms with van der Waals surface area (Å²) in [5.41, 5.74) is 0.372. The molecule has 1 aliphatic carbocycles. The molecule has 6 heteroatoms. The average molecular weight is 278 g/mol. The van der Waals surface area contributed by atoms with Gasteiger partial charge in [0.15, 0.2) is 0 Å². The standard InChI is InChI=1S/C14H22N4O2/c1-2-15-13-10-16-12(9-17-13)14(20)18(7-4-8-19)11-5-3-6-11/h9-11,19H,2-8H2,1H3,(H,15,17). The second kappa shape index (κ2) is 7.19. The highest BCUT2D eigenvalue weighted by molar-refractivity contribution is 5.92. The summed E-state index contributed by atoms with van der Waals surface area (Å²) in [5.74, 6) is 0.591. The van der Waals surface area contributed by atoms with Crippen LogP contribution >= 0.6 is 0 Å². The van der Waals surface area contributed by atoms with Gasteiger partial charge < -0.3 is 15.3 Å². The Kier molecular flexibility index (Phi) is 5.29. The summed E-state index contributed by atoms with van der Waals surface area (Å²) in [7, 11) is 0. The van der Waals surface area contributed by atoms with Crippen molar-refractivity contribution in [2.24, 2.45) is 0 Å². The molecule has 1 amide bonds. The van der Waals surface area contributed by atoms with Crippen molar-refractivity contribution >= 4 is 11.7 Å². The fourth-order valence-corrected chi connectivity index (χ4v) is 2.25. The van der Waals surface area contributed by atoms with Gasteiger partial charge in [0, 0.05) is 25.7 Å². The summed E-state index contributed by atoms with van der Waals surface area (Å²) < 4.78 is 0. The van der Waals surface area contributed by atoms with Crippen LogP contribution in [0, 0.1) is 0 Å². The molecule has 0 saturated heterocycles. The van der Waals surface area contributed by atoms with Crippen molar-refractivity contribution in [1.29, 1.82) is 0 Å². The maximum atomic E-state index is 12.5. The third kappa shape index (κ3) is 3.45. The second-order valence-electron chi connectivity index (χ2n) is 4.98. The van der Waals surface area contributed by atoms with Gasteiger partial charge in [-0.15, -0.1) is 0 Å². The molecule has 1 aliphatic rings. The molecule has 1 aromatic heterocycles. The molecule has 20 heavy (non-hydrogen) atoms. The third-order valence-electron chi connectivity index (χ3n) is 3.56. The number of carbonyl (C=O) groups is 1. The van der Waals surface area contributed by atoms with Crippen LogP contribution in [0.25, 0.3) is 0 Å². The Hall–Kier alpha value is -1.69. The number of rotatable bonds is 7. The second-order valence-corrected chi connectivity index (χ2v) is 4.98. The molecule has 0 radical (unpaired) electrons. The molecule has 0 spiro atoms. The largest absolute Gasteiger partial charge is 0.396 e. The minimum atomic E-state index is -0.0845. The third-order valence-corrected chi connectivity index (χ3v) is 3.56. The lowest BCUT2D eigenvalue weighted by Crippen LogP contribution is -2.45. The van der Waals surface area contributed by atoms with E-state index in [1.807, 2.05) is 11.8 Å². The zero-order chi connectivity index (χ0) is 14.4. The number of nitrogens with zero attached hydrogens (tertiary/aromatic N) is 3. The summed E-state index contributed by atoms with van der Waals surface area (Å²) in [6, 6.07) is 0.296. The number of aromatic nitrogens is 2. The number of amides is 1. The maximum absolute atomic E-state index is 12.5. The first-order valence-corrected chi connectivity index (χ1v) is 7.24. The van der Waals surface area contributed by atoms with Crippen LogP contribution in [0.3, 0.4) is 0 Å². The smallest absolute Gasteiger partial charge is 0.274 e. The van der Waals surface area contributed by atoms with Gasteiger partial charge in [0.2, 0.25) is 0 Å². The van der Waals surface area contributed by atoms with Crippen molar-refractivity contribution in [3.63, 3.8) is 0 Å². The molecule has 1 aromatic rings. The fraction of sp³-hybridized carbons (Fsp3) is 0.643. The van der Waals surface area contributed by atoms with Crippen molar-refractivity contribution in [1.82, 2.24) is 14.9 Å². The molecule has 2 N–H and O–H groups in total. The van der Waals surface area contributed by atoms with Crippen LogP contribution in [0.4, 0.5) is 5.82 Å². The molecule has 2 rings (SSSR count). The van der Waals surface area contributed by atoms with Gasteiger partial charge in [-0.05, 0) is 32.6 Å². The van der Waals surface area contributed by atoms with Gasteiger partial charge in [-0.3, -0.25) is 4.79 Å². The number of hydrogen-bond acceptors (Lipinski definition) is 5. The van der Waals surface area contributed by atoms with Crippen LogP contribution < -0.4 is 5.32 Å². The minimum Gasteiger partial charge on any atom is -0.396 e. The van der Waals surface area contributed by atoms with Gasteiger partial charge >= 0.3 is 0 Å². The van der Waals surface area contributed by atoms with Crippen LogP contribution in [-0.2, 0) is 0 Å². The number of aliphatic hydroxyl groups excluding tert-OH is 1. The van der Waals surface area contributed by atoms with E-state index in [9.17, 15) is 4.79 Å². The molecule has 1 heterocycles. The Morgan fingerprint density at radius 3 is 2.75 bits per heavy atom. The van der Waals surface area contributed by atoms with Gasteiger partial charge in [0.05, 0.1) is 12.4 Å². The van der Waals surface area contributed by atoms with Gasteiger partial charge in [0.25, 0.3) is 5.91 Å². The van der Waals surface area contributed by atoms with Gasteiger partial charge in [0.1, 0.15) is 11.5 Å². The molecular weight excluding hydrogens is 256 g/mol. The lowest BCUT2D eigenvalue weighted by molar-refractivity contribution is 0.0556. The van der Waals surface area contributed by atoms with Gasteiger partial charge in [-0.25, -0.2) is 9.97 Å². The molecule has 6 nitrogen and oxygen atoms in total. The molecule has 110 valence electrons. The monoisotopic (exact) mass is 278 g/mol. The normalized spacial score (nSPS) is 14.7. The Labute approximate surface area is 119 Å². The van der Waals surface area contributed by atoms with E-state index in [0.717, 1.165) is 19.4 Å². The van der Waals surface area contributed by atoms with E-state index >= 15 is 0 Å². The van der Waals surface area contributed by atoms with E-state index in [-0.39, 0.29) is 12.5 Å². The number of hydrogen-bond donors (Lipinski definition) is 2. The number of carbonyl (C=O) groups excluding carboxylic acids is 1. The van der Waals surface area contributed by atoms with E-state index in [0.29, 0.717) is 30.5 Å². The summed E-state index contributed by atoms with van der Waals surface area (Å²) in [6.07, 6.45) is 6.95. The highest BCUT2D eigenvalue weighted by Gasteiger charge is 2.29. The topological polar surface area (TPSA) is 78.4 Å². The van der Waals surface area contributed by atoms with E-state index in [1.165, 1.54) is 12.6 Å². The van der Waals surface area contributed by atoms with Crippen molar-refractivity contribution < 1.29 is 9.90 Å². The Bertz CT molecular complexity index is 431. The lowest BCUT2D eigenvalue weighted by atomic mass is 9.91. The van der Waals surface area contributed by atoms with Crippen molar-refractivity contribution in [3.8, 4) is 0 Å². The fourth-order valence-electron chi connectivity index (χ4n) is 2.25. The highest BCUT2D eigenvalue weighted by Crippen LogP contribution is 2.26. The molecular formula is C14H22N4O2. The first-order chi connectivity index (χ1) is 9.76. The van der Waals surface area contributed by atoms with E-state index < -0.39 is 0 Å². The molecule has 0 atom stereocenters. The summed E-state index contributed by atoms with van der Waals surface area (Å²) in [6.45, 7) is 3.43. The lowest BCUT2D eigenvalue weighted by Gasteiger charge is -2.37. The Morgan fingerprint density at radius 2 is 2.25 bits per heavy atom. The zero-order valence-corrected chi connectivity index (χ0v) is 11.9. The van der Waals surface area contributed by atoms with Crippen LogP contribution in [-0.4, -0.2) is 51.6 Å². The first kappa shape index (κ1) is 14.7. The Morgan fingerprint density at radius 1 is 1.45 bits per heavy atom. The van der Waals surface area contributed by atoms with E-state index in [2.05, 4.69) is 15.3 Å². The molecule has 1 fully saturated rings. The summed E-state index contributed by atoms with van der Waals surface area (Å²) in [4.78, 5) is 22.7. The summed E-state index contributed by atoms with van der Waals surface area (Å²) in [5, 5.41) is 12.0. The van der Waals surface area contributed by atoms with Gasteiger partial charge in [-0.1, -0.05) is 0 Å². The number of anilines is 1. The minimum absolute atomic E-state index is 0.0845. The molecule has 0 unspecified atom stereocenters. The number of nitrogens with one attached hydrogen (secondary N) is 1. The predicted octanol–water partition coefficient (Wildman–Crippen LogP) is 1.29. The average Bonchev–Trinajstić information content (AvgIpc) is 2.42. The van der Waals surface area contributed by atoms with Crippen molar-refractivity contribution in [2.75, 3.05) is 25.0 Å². The summed E-state index contributed by atoms with van der Waals surface area (Å²) >= 11 is 0.